The van der Waals surface area contributed by atoms with E-state index in [1.807, 2.05) is 37.3 Å². The molecule has 0 aromatic heterocycles. The second-order valence-electron chi connectivity index (χ2n) is 7.48. The zero-order chi connectivity index (χ0) is 21.1. The Balaban J connectivity index is 1.57. The molecule has 1 saturated heterocycles. The van der Waals surface area contributed by atoms with Gasteiger partial charge >= 0.3 is 6.03 Å². The van der Waals surface area contributed by atoms with Gasteiger partial charge in [0.05, 0.1) is 19.8 Å². The number of imide groups is 1. The van der Waals surface area contributed by atoms with Crippen LogP contribution in [0, 0.1) is 0 Å². The highest BCUT2D eigenvalue weighted by atomic mass is 16.5. The molecule has 0 spiro atoms. The molecule has 2 heterocycles. The monoisotopic (exact) mass is 408 g/mol. The zero-order valence-corrected chi connectivity index (χ0v) is 16.8. The maximum atomic E-state index is 13.3. The number of ketones is 1. The maximum Gasteiger partial charge on any atom is 0.325 e. The van der Waals surface area contributed by atoms with Crippen molar-refractivity contribution in [1.82, 2.24) is 10.2 Å². The Morgan fingerprint density at radius 3 is 2.53 bits per heavy atom. The largest absolute Gasteiger partial charge is 0.490 e. The van der Waals surface area contributed by atoms with Crippen LogP contribution in [0.3, 0.4) is 0 Å². The molecular weight excluding hydrogens is 384 g/mol. The molecule has 1 fully saturated rings. The summed E-state index contributed by atoms with van der Waals surface area (Å²) in [6, 6.07) is 13.5. The van der Waals surface area contributed by atoms with Gasteiger partial charge in [-0.1, -0.05) is 43.7 Å². The van der Waals surface area contributed by atoms with E-state index in [4.69, 9.17) is 9.47 Å². The minimum Gasteiger partial charge on any atom is -0.490 e. The highest BCUT2D eigenvalue weighted by Crippen LogP contribution is 2.34. The number of benzene rings is 2. The lowest BCUT2D eigenvalue weighted by Crippen LogP contribution is -2.44. The van der Waals surface area contributed by atoms with Crippen LogP contribution in [0.1, 0.15) is 42.1 Å². The van der Waals surface area contributed by atoms with E-state index in [2.05, 4.69) is 5.32 Å². The molecule has 0 radical (unpaired) electrons. The van der Waals surface area contributed by atoms with Crippen molar-refractivity contribution in [2.75, 3.05) is 19.8 Å². The van der Waals surface area contributed by atoms with E-state index in [1.54, 1.807) is 18.2 Å². The fourth-order valence-electron chi connectivity index (χ4n) is 3.95. The summed E-state index contributed by atoms with van der Waals surface area (Å²) in [7, 11) is 0. The summed E-state index contributed by atoms with van der Waals surface area (Å²) < 4.78 is 11.2. The van der Waals surface area contributed by atoms with Crippen molar-refractivity contribution in [3.05, 3.63) is 59.7 Å². The standard InChI is InChI=1S/C23H24N2O5/c1-2-11-23(17-7-4-3-5-8-17)21(27)25(22(28)24-23)15-18(26)16-9-10-19-20(14-16)30-13-6-12-29-19/h3-5,7-10,14H,2,6,11-13,15H2,1H3,(H,24,28)/t23-/m1/s1. The molecule has 2 aromatic carbocycles. The number of rotatable bonds is 6. The SMILES string of the molecule is CCC[C@]1(c2ccccc2)NC(=O)N(CC(=O)c2ccc3c(c2)OCCCO3)C1=O. The van der Waals surface area contributed by atoms with Gasteiger partial charge in [-0.05, 0) is 30.2 Å². The second kappa shape index (κ2) is 8.18. The molecule has 3 amide bonds. The van der Waals surface area contributed by atoms with Crippen LogP contribution in [0.4, 0.5) is 4.79 Å². The Hall–Kier alpha value is -3.35. The van der Waals surface area contributed by atoms with E-state index in [1.165, 1.54) is 0 Å². The topological polar surface area (TPSA) is 84.9 Å². The zero-order valence-electron chi connectivity index (χ0n) is 16.8. The lowest BCUT2D eigenvalue weighted by atomic mass is 9.85. The van der Waals surface area contributed by atoms with E-state index >= 15 is 0 Å². The van der Waals surface area contributed by atoms with Gasteiger partial charge in [-0.15, -0.1) is 0 Å². The van der Waals surface area contributed by atoms with Crippen molar-refractivity contribution in [3.63, 3.8) is 0 Å². The first-order valence-electron chi connectivity index (χ1n) is 10.2. The van der Waals surface area contributed by atoms with Crippen LogP contribution in [0.2, 0.25) is 0 Å². The number of nitrogens with one attached hydrogen (secondary N) is 1. The molecule has 156 valence electrons. The molecule has 2 aliphatic heterocycles. The Morgan fingerprint density at radius 2 is 1.80 bits per heavy atom. The lowest BCUT2D eigenvalue weighted by molar-refractivity contribution is -0.131. The van der Waals surface area contributed by atoms with Gasteiger partial charge in [0.15, 0.2) is 17.3 Å². The molecule has 0 saturated carbocycles. The molecule has 0 aliphatic carbocycles. The molecule has 0 unspecified atom stereocenters. The number of amides is 3. The average molecular weight is 408 g/mol. The first-order chi connectivity index (χ1) is 14.5. The van der Waals surface area contributed by atoms with Gasteiger partial charge in [-0.2, -0.15) is 0 Å². The number of fused-ring (bicyclic) bond motifs is 1. The van der Waals surface area contributed by atoms with Crippen molar-refractivity contribution in [1.29, 1.82) is 0 Å². The summed E-state index contributed by atoms with van der Waals surface area (Å²) >= 11 is 0. The first kappa shape index (κ1) is 19.9. The predicted molar refractivity (Wildman–Crippen MR) is 110 cm³/mol. The third-order valence-electron chi connectivity index (χ3n) is 5.44. The third-order valence-corrected chi connectivity index (χ3v) is 5.44. The number of hydrogen-bond donors (Lipinski definition) is 1. The van der Waals surface area contributed by atoms with Crippen LogP contribution < -0.4 is 14.8 Å². The summed E-state index contributed by atoms with van der Waals surface area (Å²) in [5, 5.41) is 2.84. The molecule has 0 bridgehead atoms. The minimum absolute atomic E-state index is 0.331. The van der Waals surface area contributed by atoms with Crippen molar-refractivity contribution < 1.29 is 23.9 Å². The van der Waals surface area contributed by atoms with E-state index < -0.39 is 17.5 Å². The Kier molecular flexibility index (Phi) is 5.44. The lowest BCUT2D eigenvalue weighted by Gasteiger charge is -2.26. The molecule has 7 heteroatoms. The van der Waals surface area contributed by atoms with Crippen molar-refractivity contribution in [2.45, 2.75) is 31.7 Å². The average Bonchev–Trinajstić information content (AvgIpc) is 2.92. The van der Waals surface area contributed by atoms with Crippen LogP contribution in [0.15, 0.2) is 48.5 Å². The van der Waals surface area contributed by atoms with Crippen LogP contribution in [-0.4, -0.2) is 42.4 Å². The van der Waals surface area contributed by atoms with Crippen LogP contribution in [0.25, 0.3) is 0 Å². The van der Waals surface area contributed by atoms with Gasteiger partial charge in [-0.25, -0.2) is 4.79 Å². The van der Waals surface area contributed by atoms with Crippen molar-refractivity contribution >= 4 is 17.7 Å². The number of carbonyl (C=O) groups excluding carboxylic acids is 3. The number of nitrogens with zero attached hydrogens (tertiary/aromatic N) is 1. The number of carbonyl (C=O) groups is 3. The Morgan fingerprint density at radius 1 is 1.07 bits per heavy atom. The maximum absolute atomic E-state index is 13.3. The summed E-state index contributed by atoms with van der Waals surface area (Å²) in [4.78, 5) is 39.9. The van der Waals surface area contributed by atoms with Crippen LogP contribution >= 0.6 is 0 Å². The minimum atomic E-state index is -1.14. The van der Waals surface area contributed by atoms with Crippen molar-refractivity contribution in [2.24, 2.45) is 0 Å². The molecule has 2 aromatic rings. The normalized spacial score (nSPS) is 20.6. The van der Waals surface area contributed by atoms with Crippen LogP contribution in [-0.2, 0) is 10.3 Å². The van der Waals surface area contributed by atoms with E-state index in [-0.39, 0.29) is 12.3 Å². The number of hydrogen-bond acceptors (Lipinski definition) is 5. The third kappa shape index (κ3) is 3.51. The number of urea groups is 1. The summed E-state index contributed by atoms with van der Waals surface area (Å²) in [6.45, 7) is 2.69. The van der Waals surface area contributed by atoms with Gasteiger partial charge in [0.2, 0.25) is 0 Å². The van der Waals surface area contributed by atoms with E-state index in [9.17, 15) is 14.4 Å². The first-order valence-corrected chi connectivity index (χ1v) is 10.2. The Labute approximate surface area is 175 Å². The highest BCUT2D eigenvalue weighted by molar-refractivity contribution is 6.11. The van der Waals surface area contributed by atoms with Crippen LogP contribution in [0.5, 0.6) is 11.5 Å². The molecular formula is C23H24N2O5. The quantitative estimate of drug-likeness (QED) is 0.586. The molecule has 1 atom stereocenters. The summed E-state index contributed by atoms with van der Waals surface area (Å²) in [5.74, 6) is 0.350. The molecule has 2 aliphatic rings. The van der Waals surface area contributed by atoms with Gasteiger partial charge in [0, 0.05) is 12.0 Å². The number of Topliss-reactive ketones (excluding diaryl/α,β-unsaturated/α-hetero) is 1. The van der Waals surface area contributed by atoms with Gasteiger partial charge < -0.3 is 14.8 Å². The molecule has 30 heavy (non-hydrogen) atoms. The smallest absolute Gasteiger partial charge is 0.325 e. The van der Waals surface area contributed by atoms with Gasteiger partial charge in [-0.3, -0.25) is 14.5 Å². The fourth-order valence-corrected chi connectivity index (χ4v) is 3.95. The van der Waals surface area contributed by atoms with Crippen molar-refractivity contribution in [3.8, 4) is 11.5 Å². The van der Waals surface area contributed by atoms with Gasteiger partial charge in [0.25, 0.3) is 5.91 Å². The number of ether oxygens (including phenoxy) is 2. The predicted octanol–water partition coefficient (Wildman–Crippen LogP) is 3.28. The molecule has 1 N–H and O–H groups in total. The van der Waals surface area contributed by atoms with E-state index in [0.29, 0.717) is 43.1 Å². The molecule has 4 rings (SSSR count). The van der Waals surface area contributed by atoms with Gasteiger partial charge in [0.1, 0.15) is 5.54 Å². The summed E-state index contributed by atoms with van der Waals surface area (Å²) in [5.41, 5.74) is -0.0544. The highest BCUT2D eigenvalue weighted by Gasteiger charge is 2.52. The second-order valence-corrected chi connectivity index (χ2v) is 7.48. The van der Waals surface area contributed by atoms with E-state index in [0.717, 1.165) is 16.9 Å². The Bertz CT molecular complexity index is 975. The summed E-state index contributed by atoms with van der Waals surface area (Å²) in [6.07, 6.45) is 1.92. The fraction of sp³-hybridized carbons (Fsp3) is 0.348. The molecule has 7 nitrogen and oxygen atoms in total.